The molecule has 0 aliphatic heterocycles. The Morgan fingerprint density at radius 2 is 0.804 bits per heavy atom. The van der Waals surface area contributed by atoms with Crippen molar-refractivity contribution < 1.29 is 23.8 Å². The summed E-state index contributed by atoms with van der Waals surface area (Å²) in [7, 11) is 0. The first-order valence-corrected chi connectivity index (χ1v) is 23.8. The summed E-state index contributed by atoms with van der Waals surface area (Å²) >= 11 is 0. The highest BCUT2D eigenvalue weighted by atomic mass is 16.6. The maximum atomic E-state index is 12.7. The fraction of sp³-hybridized carbons (Fsp3) is 0.765. The Morgan fingerprint density at radius 3 is 1.32 bits per heavy atom. The summed E-state index contributed by atoms with van der Waals surface area (Å²) in [5.74, 6) is -0.443. The fourth-order valence-electron chi connectivity index (χ4n) is 6.45. The number of ether oxygens (including phenoxy) is 3. The van der Waals surface area contributed by atoms with Gasteiger partial charge in [0.2, 0.25) is 0 Å². The molecule has 0 amide bonds. The van der Waals surface area contributed by atoms with Crippen LogP contribution in [0.5, 0.6) is 0 Å². The lowest BCUT2D eigenvalue weighted by Crippen LogP contribution is -2.30. The Labute approximate surface area is 347 Å². The molecule has 0 heterocycles. The largest absolute Gasteiger partial charge is 0.462 e. The van der Waals surface area contributed by atoms with Gasteiger partial charge in [-0.15, -0.1) is 0 Å². The zero-order valence-corrected chi connectivity index (χ0v) is 37.1. The summed E-state index contributed by atoms with van der Waals surface area (Å²) in [6.07, 6.45) is 57.9. The van der Waals surface area contributed by atoms with Crippen molar-refractivity contribution in [2.45, 2.75) is 232 Å². The van der Waals surface area contributed by atoms with Crippen LogP contribution in [0, 0.1) is 0 Å². The molecule has 0 aromatic carbocycles. The van der Waals surface area contributed by atoms with E-state index in [1.54, 1.807) is 0 Å². The monoisotopic (exact) mass is 783 g/mol. The van der Waals surface area contributed by atoms with E-state index in [0.717, 1.165) is 83.5 Å². The van der Waals surface area contributed by atoms with Gasteiger partial charge in [0.05, 0.1) is 6.61 Å². The van der Waals surface area contributed by atoms with Crippen LogP contribution in [-0.4, -0.2) is 37.9 Å². The predicted octanol–water partition coefficient (Wildman–Crippen LogP) is 15.8. The molecule has 0 aliphatic carbocycles. The maximum absolute atomic E-state index is 12.7. The summed E-state index contributed by atoms with van der Waals surface area (Å²) in [6, 6.07) is 0. The molecule has 56 heavy (non-hydrogen) atoms. The van der Waals surface area contributed by atoms with Gasteiger partial charge in [-0.05, 0) is 103 Å². The predicted molar refractivity (Wildman–Crippen MR) is 242 cm³/mol. The van der Waals surface area contributed by atoms with Crippen molar-refractivity contribution in [2.75, 3.05) is 19.8 Å². The SMILES string of the molecule is CC/C=C\C/C=C\C/C=C\CCCCCC(=O)OCC(COCCCCCCCC/C=C\CCCCCC)OC(=O)CCCCCCC/C=C\CCCCCC. The van der Waals surface area contributed by atoms with E-state index in [4.69, 9.17) is 14.2 Å². The molecule has 0 N–H and O–H groups in total. The average Bonchev–Trinajstić information content (AvgIpc) is 3.20. The van der Waals surface area contributed by atoms with Crippen LogP contribution in [0.1, 0.15) is 226 Å². The second-order valence-electron chi connectivity index (χ2n) is 15.6. The van der Waals surface area contributed by atoms with Crippen molar-refractivity contribution >= 4 is 11.9 Å². The van der Waals surface area contributed by atoms with Crippen LogP contribution in [0.4, 0.5) is 0 Å². The molecule has 0 aromatic rings. The quantitative estimate of drug-likeness (QED) is 0.0350. The normalized spacial score (nSPS) is 12.7. The summed E-state index contributed by atoms with van der Waals surface area (Å²) in [4.78, 5) is 25.3. The number of rotatable bonds is 43. The van der Waals surface area contributed by atoms with Gasteiger partial charge in [-0.3, -0.25) is 9.59 Å². The van der Waals surface area contributed by atoms with Gasteiger partial charge in [0.15, 0.2) is 6.10 Å². The lowest BCUT2D eigenvalue weighted by Gasteiger charge is -2.18. The van der Waals surface area contributed by atoms with Crippen molar-refractivity contribution in [1.29, 1.82) is 0 Å². The fourth-order valence-corrected chi connectivity index (χ4v) is 6.45. The van der Waals surface area contributed by atoms with Gasteiger partial charge >= 0.3 is 11.9 Å². The minimum Gasteiger partial charge on any atom is -0.462 e. The molecule has 5 nitrogen and oxygen atoms in total. The number of allylic oxidation sites excluding steroid dienone is 10. The number of carbonyl (C=O) groups is 2. The highest BCUT2D eigenvalue weighted by molar-refractivity contribution is 5.70. The summed E-state index contributed by atoms with van der Waals surface area (Å²) < 4.78 is 17.3. The van der Waals surface area contributed by atoms with Crippen LogP contribution in [0.25, 0.3) is 0 Å². The van der Waals surface area contributed by atoms with E-state index in [1.807, 2.05) is 0 Å². The maximum Gasteiger partial charge on any atom is 0.306 e. The number of hydrogen-bond acceptors (Lipinski definition) is 5. The Bertz CT molecular complexity index is 977. The Hall–Kier alpha value is -2.40. The van der Waals surface area contributed by atoms with E-state index in [0.29, 0.717) is 19.4 Å². The highest BCUT2D eigenvalue weighted by Gasteiger charge is 2.17. The van der Waals surface area contributed by atoms with Crippen LogP contribution in [0.15, 0.2) is 60.8 Å². The van der Waals surface area contributed by atoms with E-state index < -0.39 is 6.10 Å². The third-order valence-corrected chi connectivity index (χ3v) is 10.0. The van der Waals surface area contributed by atoms with Crippen molar-refractivity contribution in [3.05, 3.63) is 60.8 Å². The highest BCUT2D eigenvalue weighted by Crippen LogP contribution is 2.13. The lowest BCUT2D eigenvalue weighted by atomic mass is 10.1. The molecule has 5 heteroatoms. The van der Waals surface area contributed by atoms with Gasteiger partial charge in [-0.25, -0.2) is 0 Å². The summed E-state index contributed by atoms with van der Waals surface area (Å²) in [5, 5.41) is 0. The van der Waals surface area contributed by atoms with Crippen molar-refractivity contribution in [2.24, 2.45) is 0 Å². The van der Waals surface area contributed by atoms with Crippen molar-refractivity contribution in [1.82, 2.24) is 0 Å². The second-order valence-corrected chi connectivity index (χ2v) is 15.6. The third-order valence-electron chi connectivity index (χ3n) is 10.0. The van der Waals surface area contributed by atoms with Gasteiger partial charge in [-0.2, -0.15) is 0 Å². The number of unbranched alkanes of at least 4 members (excludes halogenated alkanes) is 22. The van der Waals surface area contributed by atoms with Gasteiger partial charge in [0.1, 0.15) is 6.61 Å². The first-order valence-electron chi connectivity index (χ1n) is 23.8. The van der Waals surface area contributed by atoms with Crippen LogP contribution < -0.4 is 0 Å². The minimum atomic E-state index is -0.554. The molecule has 0 rings (SSSR count). The molecule has 0 saturated heterocycles. The van der Waals surface area contributed by atoms with E-state index in [2.05, 4.69) is 81.5 Å². The van der Waals surface area contributed by atoms with E-state index in [-0.39, 0.29) is 25.2 Å². The van der Waals surface area contributed by atoms with Crippen LogP contribution >= 0.6 is 0 Å². The van der Waals surface area contributed by atoms with Gasteiger partial charge in [-0.1, -0.05) is 171 Å². The Morgan fingerprint density at radius 1 is 0.411 bits per heavy atom. The second kappa shape index (κ2) is 47.0. The van der Waals surface area contributed by atoms with Crippen LogP contribution in [0.2, 0.25) is 0 Å². The topological polar surface area (TPSA) is 61.8 Å². The minimum absolute atomic E-state index is 0.0639. The molecule has 0 bridgehead atoms. The van der Waals surface area contributed by atoms with Crippen molar-refractivity contribution in [3.63, 3.8) is 0 Å². The Kier molecular flexibility index (Phi) is 45.0. The molecular weight excluding hydrogens is 693 g/mol. The standard InChI is InChI=1S/C51H90O5/c1-4-7-10-13-16-19-22-25-28-31-34-37-40-43-46-54-47-49(56-51(53)45-42-39-36-33-30-27-24-21-18-15-12-9-6-3)48-55-50(52)44-41-38-35-32-29-26-23-20-17-14-11-8-5-2/h8,11,17,19-22,24,26,29,49H,4-7,9-10,12-16,18,23,25,27-28,30-48H2,1-3H3/b11-8-,20-17-,22-19-,24-21-,29-26-. The third kappa shape index (κ3) is 44.3. The van der Waals surface area contributed by atoms with Crippen LogP contribution in [-0.2, 0) is 23.8 Å². The lowest BCUT2D eigenvalue weighted by molar-refractivity contribution is -0.163. The molecule has 0 spiro atoms. The molecule has 324 valence electrons. The zero-order valence-electron chi connectivity index (χ0n) is 37.1. The molecule has 0 aliphatic rings. The number of esters is 2. The molecule has 1 unspecified atom stereocenters. The van der Waals surface area contributed by atoms with Gasteiger partial charge < -0.3 is 14.2 Å². The smallest absolute Gasteiger partial charge is 0.306 e. The summed E-state index contributed by atoms with van der Waals surface area (Å²) in [6.45, 7) is 7.64. The van der Waals surface area contributed by atoms with E-state index >= 15 is 0 Å². The zero-order chi connectivity index (χ0) is 40.7. The molecule has 0 aromatic heterocycles. The van der Waals surface area contributed by atoms with E-state index in [9.17, 15) is 9.59 Å². The molecule has 1 atom stereocenters. The van der Waals surface area contributed by atoms with E-state index in [1.165, 1.54) is 109 Å². The van der Waals surface area contributed by atoms with Gasteiger partial charge in [0.25, 0.3) is 0 Å². The molecule has 0 fully saturated rings. The molecular formula is C51H90O5. The van der Waals surface area contributed by atoms with Gasteiger partial charge in [0, 0.05) is 19.4 Å². The molecule has 0 saturated carbocycles. The first-order chi connectivity index (χ1) is 27.6. The van der Waals surface area contributed by atoms with Crippen molar-refractivity contribution in [3.8, 4) is 0 Å². The molecule has 0 radical (unpaired) electrons. The summed E-state index contributed by atoms with van der Waals surface area (Å²) in [5.41, 5.74) is 0. The number of hydrogen-bond donors (Lipinski definition) is 0. The first kappa shape index (κ1) is 53.6. The van der Waals surface area contributed by atoms with Crippen LogP contribution in [0.3, 0.4) is 0 Å². The Balaban J connectivity index is 4.33. The average molecular weight is 783 g/mol. The number of carbonyl (C=O) groups excluding carboxylic acids is 2.